The van der Waals surface area contributed by atoms with Crippen LogP contribution in [0.5, 0.6) is 0 Å². The van der Waals surface area contributed by atoms with Crippen LogP contribution < -0.4 is 0 Å². The molecule has 7 heteroatoms. The van der Waals surface area contributed by atoms with E-state index in [1.165, 1.54) is 29.4 Å². The van der Waals surface area contributed by atoms with Crippen molar-refractivity contribution in [2.24, 2.45) is 5.10 Å². The smallest absolute Gasteiger partial charge is 0.400 e. The Bertz CT molecular complexity index is 486. The number of rotatable bonds is 3. The molecular formula is C8H6N4O3. The first-order valence-corrected chi connectivity index (χ1v) is 4.02. The lowest BCUT2D eigenvalue weighted by Crippen LogP contribution is -1.85. The monoisotopic (exact) mass is 206 g/mol. The van der Waals surface area contributed by atoms with Gasteiger partial charge in [-0.25, -0.2) is 9.66 Å². The van der Waals surface area contributed by atoms with E-state index >= 15 is 0 Å². The van der Waals surface area contributed by atoms with E-state index in [1.54, 1.807) is 12.4 Å². The van der Waals surface area contributed by atoms with Gasteiger partial charge in [0.25, 0.3) is 0 Å². The highest BCUT2D eigenvalue weighted by Gasteiger charge is 2.09. The molecule has 0 radical (unpaired) electrons. The van der Waals surface area contributed by atoms with Crippen molar-refractivity contribution in [1.82, 2.24) is 9.66 Å². The normalized spacial score (nSPS) is 10.9. The molecule has 0 saturated heterocycles. The number of furan rings is 1. The van der Waals surface area contributed by atoms with Crippen LogP contribution in [0.25, 0.3) is 0 Å². The number of nitro groups is 1. The van der Waals surface area contributed by atoms with E-state index in [0.717, 1.165) is 0 Å². The standard InChI is InChI=1S/C8H6N4O3/c13-12(14)8-2-1-7(15-8)5-10-11-4-3-9-6-11/h1-6H/b10-5+. The summed E-state index contributed by atoms with van der Waals surface area (Å²) in [4.78, 5) is 13.5. The van der Waals surface area contributed by atoms with Gasteiger partial charge in [0.2, 0.25) is 0 Å². The van der Waals surface area contributed by atoms with Crippen LogP contribution in [0.1, 0.15) is 5.76 Å². The van der Waals surface area contributed by atoms with E-state index in [9.17, 15) is 10.1 Å². The second-order valence-electron chi connectivity index (χ2n) is 2.62. The summed E-state index contributed by atoms with van der Waals surface area (Å²) < 4.78 is 6.31. The van der Waals surface area contributed by atoms with Gasteiger partial charge in [-0.1, -0.05) is 0 Å². The highest BCUT2D eigenvalue weighted by molar-refractivity contribution is 5.76. The molecule has 0 aromatic carbocycles. The Morgan fingerprint density at radius 3 is 3.07 bits per heavy atom. The molecule has 0 amide bonds. The first-order chi connectivity index (χ1) is 7.25. The van der Waals surface area contributed by atoms with Crippen molar-refractivity contribution in [3.05, 3.63) is 46.7 Å². The maximum atomic E-state index is 10.3. The van der Waals surface area contributed by atoms with Crippen molar-refractivity contribution in [3.63, 3.8) is 0 Å². The molecule has 0 spiro atoms. The summed E-state index contributed by atoms with van der Waals surface area (Å²) in [6.07, 6.45) is 6.07. The van der Waals surface area contributed by atoms with E-state index in [2.05, 4.69) is 10.1 Å². The van der Waals surface area contributed by atoms with Gasteiger partial charge in [0.15, 0.2) is 5.76 Å². The molecule has 0 atom stereocenters. The summed E-state index contributed by atoms with van der Waals surface area (Å²) in [7, 11) is 0. The van der Waals surface area contributed by atoms with E-state index in [-0.39, 0.29) is 5.88 Å². The number of nitrogens with zero attached hydrogens (tertiary/aromatic N) is 4. The molecule has 76 valence electrons. The molecule has 0 saturated carbocycles. The first-order valence-electron chi connectivity index (χ1n) is 4.02. The molecule has 7 nitrogen and oxygen atoms in total. The van der Waals surface area contributed by atoms with Crippen molar-refractivity contribution < 1.29 is 9.34 Å². The van der Waals surface area contributed by atoms with Gasteiger partial charge in [-0.05, 0) is 6.07 Å². The lowest BCUT2D eigenvalue weighted by Gasteiger charge is -1.87. The summed E-state index contributed by atoms with van der Waals surface area (Å²) in [5.74, 6) is 0.0116. The zero-order valence-corrected chi connectivity index (χ0v) is 7.48. The average Bonchev–Trinajstić information content (AvgIpc) is 2.86. The molecule has 0 bridgehead atoms. The maximum absolute atomic E-state index is 10.3. The predicted molar refractivity (Wildman–Crippen MR) is 50.6 cm³/mol. The number of hydrogen-bond acceptors (Lipinski definition) is 5. The van der Waals surface area contributed by atoms with Crippen LogP contribution in [-0.2, 0) is 0 Å². The number of hydrogen-bond donors (Lipinski definition) is 0. The quantitative estimate of drug-likeness (QED) is 0.429. The summed E-state index contributed by atoms with van der Waals surface area (Å²) in [6.45, 7) is 0. The van der Waals surface area contributed by atoms with Crippen molar-refractivity contribution in [2.75, 3.05) is 0 Å². The van der Waals surface area contributed by atoms with Gasteiger partial charge in [0.05, 0.1) is 12.3 Å². The molecule has 0 aliphatic carbocycles. The van der Waals surface area contributed by atoms with Crippen molar-refractivity contribution in [3.8, 4) is 0 Å². The van der Waals surface area contributed by atoms with Crippen molar-refractivity contribution in [1.29, 1.82) is 0 Å². The third kappa shape index (κ3) is 2.08. The van der Waals surface area contributed by atoms with Crippen LogP contribution in [-0.4, -0.2) is 20.8 Å². The summed E-state index contributed by atoms with van der Waals surface area (Å²) in [5, 5.41) is 14.2. The maximum Gasteiger partial charge on any atom is 0.433 e. The molecule has 0 aliphatic heterocycles. The second-order valence-corrected chi connectivity index (χ2v) is 2.62. The molecular weight excluding hydrogens is 200 g/mol. The molecule has 2 rings (SSSR count). The molecule has 2 aromatic heterocycles. The minimum absolute atomic E-state index is 0.304. The van der Waals surface area contributed by atoms with Crippen LogP contribution in [0.4, 0.5) is 5.88 Å². The lowest BCUT2D eigenvalue weighted by molar-refractivity contribution is -0.402. The Balaban J connectivity index is 2.14. The van der Waals surface area contributed by atoms with Crippen LogP contribution in [0.15, 0.2) is 40.4 Å². The fraction of sp³-hybridized carbons (Fsp3) is 0. The third-order valence-electron chi connectivity index (χ3n) is 1.60. The zero-order chi connectivity index (χ0) is 10.7. The number of aromatic nitrogens is 2. The van der Waals surface area contributed by atoms with Crippen LogP contribution >= 0.6 is 0 Å². The minimum atomic E-state index is -0.603. The van der Waals surface area contributed by atoms with Gasteiger partial charge in [-0.15, -0.1) is 0 Å². The molecule has 0 aliphatic rings. The van der Waals surface area contributed by atoms with E-state index in [0.29, 0.717) is 5.76 Å². The van der Waals surface area contributed by atoms with Gasteiger partial charge in [0.1, 0.15) is 11.3 Å². The summed E-state index contributed by atoms with van der Waals surface area (Å²) >= 11 is 0. The highest BCUT2D eigenvalue weighted by atomic mass is 16.6. The number of imidazole rings is 1. The highest BCUT2D eigenvalue weighted by Crippen LogP contribution is 2.13. The summed E-state index contributed by atoms with van der Waals surface area (Å²) in [5.41, 5.74) is 0. The fourth-order valence-electron chi connectivity index (χ4n) is 0.954. The second kappa shape index (κ2) is 3.74. The van der Waals surface area contributed by atoms with E-state index < -0.39 is 4.92 Å². The Labute approximate surface area is 83.8 Å². The lowest BCUT2D eigenvalue weighted by atomic mass is 10.5. The molecule has 15 heavy (non-hydrogen) atoms. The Kier molecular flexibility index (Phi) is 2.28. The molecule has 0 unspecified atom stereocenters. The van der Waals surface area contributed by atoms with E-state index in [1.807, 2.05) is 0 Å². The van der Waals surface area contributed by atoms with Crippen molar-refractivity contribution in [2.45, 2.75) is 0 Å². The summed E-state index contributed by atoms with van der Waals surface area (Å²) in [6, 6.07) is 2.74. The molecule has 2 heterocycles. The van der Waals surface area contributed by atoms with Gasteiger partial charge < -0.3 is 4.42 Å². The van der Waals surface area contributed by atoms with Gasteiger partial charge in [-0.2, -0.15) is 5.10 Å². The van der Waals surface area contributed by atoms with Crippen LogP contribution in [0, 0.1) is 10.1 Å². The van der Waals surface area contributed by atoms with Crippen LogP contribution in [0.2, 0.25) is 0 Å². The third-order valence-corrected chi connectivity index (χ3v) is 1.60. The van der Waals surface area contributed by atoms with Gasteiger partial charge >= 0.3 is 5.88 Å². The Hall–Kier alpha value is -2.44. The molecule has 2 aromatic rings. The van der Waals surface area contributed by atoms with Gasteiger partial charge in [-0.3, -0.25) is 10.1 Å². The Morgan fingerprint density at radius 2 is 2.47 bits per heavy atom. The fourth-order valence-corrected chi connectivity index (χ4v) is 0.954. The van der Waals surface area contributed by atoms with E-state index in [4.69, 9.17) is 4.42 Å². The molecule has 0 fully saturated rings. The van der Waals surface area contributed by atoms with Crippen molar-refractivity contribution >= 4 is 12.1 Å². The average molecular weight is 206 g/mol. The largest absolute Gasteiger partial charge is 0.433 e. The Morgan fingerprint density at radius 1 is 1.60 bits per heavy atom. The zero-order valence-electron chi connectivity index (χ0n) is 7.48. The molecule has 0 N–H and O–H groups in total. The minimum Gasteiger partial charge on any atom is -0.400 e. The topological polar surface area (TPSA) is 86.5 Å². The first kappa shape index (κ1) is 9.13. The van der Waals surface area contributed by atoms with Crippen LogP contribution in [0.3, 0.4) is 0 Å². The van der Waals surface area contributed by atoms with Gasteiger partial charge in [0, 0.05) is 12.4 Å². The predicted octanol–water partition coefficient (Wildman–Crippen LogP) is 1.27. The SMILES string of the molecule is O=[N+]([O-])c1ccc(/C=N/n2ccnc2)o1.